The van der Waals surface area contributed by atoms with Gasteiger partial charge in [-0.05, 0) is 57.1 Å². The highest BCUT2D eigenvalue weighted by Gasteiger charge is 2.44. The summed E-state index contributed by atoms with van der Waals surface area (Å²) in [5.41, 5.74) is 0.130. The number of likely N-dealkylation sites (tertiary alicyclic amines) is 1. The fourth-order valence-corrected chi connectivity index (χ4v) is 4.86. The molecule has 4 rings (SSSR count). The second-order valence-electron chi connectivity index (χ2n) is 8.07. The van der Waals surface area contributed by atoms with Gasteiger partial charge in [0, 0.05) is 19.0 Å². The molecule has 1 aromatic rings. The van der Waals surface area contributed by atoms with Crippen LogP contribution in [0, 0.1) is 5.92 Å². The zero-order valence-electron chi connectivity index (χ0n) is 15.0. The molecule has 2 saturated carbocycles. The Bertz CT molecular complexity index is 625. The fraction of sp³-hybridized carbons (Fsp3) is 0.667. The number of hydrogen-bond acceptors (Lipinski definition) is 3. The average Bonchev–Trinajstić information content (AvgIpc) is 3.14. The van der Waals surface area contributed by atoms with Gasteiger partial charge in [-0.1, -0.05) is 25.0 Å². The Balaban J connectivity index is 1.49. The van der Waals surface area contributed by atoms with Crippen LogP contribution < -0.4 is 4.74 Å². The van der Waals surface area contributed by atoms with Gasteiger partial charge in [-0.2, -0.15) is 0 Å². The summed E-state index contributed by atoms with van der Waals surface area (Å²) in [6.07, 6.45) is 9.74. The van der Waals surface area contributed by atoms with Crippen LogP contribution in [0.15, 0.2) is 24.3 Å². The second-order valence-corrected chi connectivity index (χ2v) is 8.07. The summed E-state index contributed by atoms with van der Waals surface area (Å²) >= 11 is 0. The van der Waals surface area contributed by atoms with Gasteiger partial charge < -0.3 is 14.7 Å². The standard InChI is InChI=1S/C21H29NO3/c23-20(22-14-13-21(24)12-6-5-7-16(21)15-22)18-10-3-4-11-19(18)25-17-8-1-2-9-17/h3-4,10-11,16-17,24H,1-2,5-9,12-15H2/t16-,21+/m0/s1. The first kappa shape index (κ1) is 16.9. The van der Waals surface area contributed by atoms with Crippen molar-refractivity contribution >= 4 is 5.91 Å². The van der Waals surface area contributed by atoms with Crippen LogP contribution in [-0.2, 0) is 0 Å². The van der Waals surface area contributed by atoms with Gasteiger partial charge in [-0.25, -0.2) is 0 Å². The van der Waals surface area contributed by atoms with Gasteiger partial charge in [0.25, 0.3) is 5.91 Å². The maximum absolute atomic E-state index is 13.1. The lowest BCUT2D eigenvalue weighted by atomic mass is 9.71. The van der Waals surface area contributed by atoms with Crippen molar-refractivity contribution < 1.29 is 14.6 Å². The van der Waals surface area contributed by atoms with Crippen molar-refractivity contribution in [3.8, 4) is 5.75 Å². The Hall–Kier alpha value is -1.55. The number of fused-ring (bicyclic) bond motifs is 1. The number of piperidine rings is 1. The van der Waals surface area contributed by atoms with Crippen LogP contribution in [0.4, 0.5) is 0 Å². The maximum atomic E-state index is 13.1. The lowest BCUT2D eigenvalue weighted by Crippen LogP contribution is -2.54. The first-order chi connectivity index (χ1) is 12.2. The number of rotatable bonds is 3. The highest BCUT2D eigenvalue weighted by Crippen LogP contribution is 2.40. The van der Waals surface area contributed by atoms with Crippen molar-refractivity contribution in [2.24, 2.45) is 5.92 Å². The van der Waals surface area contributed by atoms with Crippen LogP contribution >= 0.6 is 0 Å². The monoisotopic (exact) mass is 343 g/mol. The number of carbonyl (C=O) groups is 1. The molecule has 1 N–H and O–H groups in total. The molecule has 0 aromatic heterocycles. The number of amides is 1. The lowest BCUT2D eigenvalue weighted by molar-refractivity contribution is -0.0886. The van der Waals surface area contributed by atoms with E-state index in [9.17, 15) is 9.90 Å². The third-order valence-electron chi connectivity index (χ3n) is 6.43. The maximum Gasteiger partial charge on any atom is 0.257 e. The Morgan fingerprint density at radius 3 is 2.68 bits per heavy atom. The van der Waals surface area contributed by atoms with E-state index in [4.69, 9.17) is 4.74 Å². The minimum atomic E-state index is -0.547. The van der Waals surface area contributed by atoms with Crippen LogP contribution in [0.5, 0.6) is 5.75 Å². The van der Waals surface area contributed by atoms with Gasteiger partial charge in [-0.15, -0.1) is 0 Å². The van der Waals surface area contributed by atoms with E-state index in [0.29, 0.717) is 25.1 Å². The summed E-state index contributed by atoms with van der Waals surface area (Å²) in [6.45, 7) is 1.32. The topological polar surface area (TPSA) is 49.8 Å². The van der Waals surface area contributed by atoms with Crippen LogP contribution in [-0.4, -0.2) is 40.7 Å². The summed E-state index contributed by atoms with van der Waals surface area (Å²) in [6, 6.07) is 7.66. The second kappa shape index (κ2) is 6.99. The van der Waals surface area contributed by atoms with Crippen molar-refractivity contribution in [2.45, 2.75) is 69.5 Å². The molecule has 4 heteroatoms. The molecular weight excluding hydrogens is 314 g/mol. The number of carbonyl (C=O) groups excluding carboxylic acids is 1. The van der Waals surface area contributed by atoms with Crippen molar-refractivity contribution in [1.29, 1.82) is 0 Å². The molecule has 0 bridgehead atoms. The number of para-hydroxylation sites is 1. The van der Waals surface area contributed by atoms with E-state index in [-0.39, 0.29) is 17.9 Å². The van der Waals surface area contributed by atoms with Gasteiger partial charge in [-0.3, -0.25) is 4.79 Å². The molecule has 1 heterocycles. The third kappa shape index (κ3) is 3.41. The van der Waals surface area contributed by atoms with Gasteiger partial charge in [0.2, 0.25) is 0 Å². The lowest BCUT2D eigenvalue weighted by Gasteiger charge is -2.47. The SMILES string of the molecule is O=C(c1ccccc1OC1CCCC1)N1CC[C@]2(O)CCCC[C@H]2C1. The van der Waals surface area contributed by atoms with Crippen LogP contribution in [0.1, 0.15) is 68.1 Å². The van der Waals surface area contributed by atoms with Crippen LogP contribution in [0.3, 0.4) is 0 Å². The van der Waals surface area contributed by atoms with E-state index < -0.39 is 5.60 Å². The largest absolute Gasteiger partial charge is 0.490 e. The number of aliphatic hydroxyl groups is 1. The molecule has 1 amide bonds. The molecule has 0 spiro atoms. The highest BCUT2D eigenvalue weighted by atomic mass is 16.5. The normalized spacial score (nSPS) is 30.1. The van der Waals surface area contributed by atoms with Crippen LogP contribution in [0.2, 0.25) is 0 Å². The zero-order chi connectivity index (χ0) is 17.3. The van der Waals surface area contributed by atoms with Crippen molar-refractivity contribution in [3.05, 3.63) is 29.8 Å². The zero-order valence-corrected chi connectivity index (χ0v) is 15.0. The first-order valence-corrected chi connectivity index (χ1v) is 9.93. The molecule has 0 radical (unpaired) electrons. The minimum absolute atomic E-state index is 0.0567. The van der Waals surface area contributed by atoms with Gasteiger partial charge in [0.1, 0.15) is 5.75 Å². The summed E-state index contributed by atoms with van der Waals surface area (Å²) < 4.78 is 6.15. The Labute approximate surface area is 150 Å². The number of hydrogen-bond donors (Lipinski definition) is 1. The quantitative estimate of drug-likeness (QED) is 0.909. The van der Waals surface area contributed by atoms with Crippen molar-refractivity contribution in [1.82, 2.24) is 4.90 Å². The number of benzene rings is 1. The van der Waals surface area contributed by atoms with E-state index in [2.05, 4.69) is 0 Å². The van der Waals surface area contributed by atoms with E-state index in [1.54, 1.807) is 0 Å². The summed E-state index contributed by atoms with van der Waals surface area (Å²) in [5.74, 6) is 1.01. The van der Waals surface area contributed by atoms with E-state index in [1.165, 1.54) is 12.8 Å². The molecule has 1 saturated heterocycles. The smallest absolute Gasteiger partial charge is 0.257 e. The summed E-state index contributed by atoms with van der Waals surface area (Å²) in [4.78, 5) is 15.1. The van der Waals surface area contributed by atoms with E-state index >= 15 is 0 Å². The molecule has 1 aliphatic heterocycles. The van der Waals surface area contributed by atoms with Crippen molar-refractivity contribution in [3.63, 3.8) is 0 Å². The third-order valence-corrected chi connectivity index (χ3v) is 6.43. The number of ether oxygens (including phenoxy) is 1. The highest BCUT2D eigenvalue weighted by molar-refractivity contribution is 5.97. The summed E-state index contributed by atoms with van der Waals surface area (Å²) in [7, 11) is 0. The molecular formula is C21H29NO3. The van der Waals surface area contributed by atoms with Crippen LogP contribution in [0.25, 0.3) is 0 Å². The molecule has 0 unspecified atom stereocenters. The average molecular weight is 343 g/mol. The first-order valence-electron chi connectivity index (χ1n) is 9.93. The molecule has 136 valence electrons. The molecule has 2 aliphatic carbocycles. The van der Waals surface area contributed by atoms with Gasteiger partial charge in [0.15, 0.2) is 0 Å². The van der Waals surface area contributed by atoms with Gasteiger partial charge >= 0.3 is 0 Å². The Kier molecular flexibility index (Phi) is 4.72. The minimum Gasteiger partial charge on any atom is -0.490 e. The van der Waals surface area contributed by atoms with Gasteiger partial charge in [0.05, 0.1) is 17.3 Å². The number of nitrogens with zero attached hydrogens (tertiary/aromatic N) is 1. The van der Waals surface area contributed by atoms with E-state index in [0.717, 1.165) is 44.3 Å². The molecule has 25 heavy (non-hydrogen) atoms. The fourth-order valence-electron chi connectivity index (χ4n) is 4.86. The molecule has 1 aromatic carbocycles. The van der Waals surface area contributed by atoms with E-state index in [1.807, 2.05) is 29.2 Å². The molecule has 4 nitrogen and oxygen atoms in total. The Morgan fingerprint density at radius 2 is 1.84 bits per heavy atom. The summed E-state index contributed by atoms with van der Waals surface area (Å²) in [5, 5.41) is 10.8. The predicted octanol–water partition coefficient (Wildman–Crippen LogP) is 3.78. The van der Waals surface area contributed by atoms with Crippen molar-refractivity contribution in [2.75, 3.05) is 13.1 Å². The molecule has 3 fully saturated rings. The molecule has 2 atom stereocenters. The Morgan fingerprint density at radius 1 is 1.08 bits per heavy atom. The predicted molar refractivity (Wildman–Crippen MR) is 96.8 cm³/mol. The molecule has 3 aliphatic rings.